The van der Waals surface area contributed by atoms with Crippen LogP contribution in [-0.2, 0) is 4.79 Å². The summed E-state index contributed by atoms with van der Waals surface area (Å²) in [5, 5.41) is 5.03. The Morgan fingerprint density at radius 1 is 1.18 bits per heavy atom. The first kappa shape index (κ1) is 21.7. The predicted octanol–water partition coefficient (Wildman–Crippen LogP) is 3.82. The number of anilines is 1. The van der Waals surface area contributed by atoms with Gasteiger partial charge in [-0.25, -0.2) is 4.98 Å². The van der Waals surface area contributed by atoms with Crippen molar-refractivity contribution in [3.8, 4) is 11.5 Å². The van der Waals surface area contributed by atoms with Crippen molar-refractivity contribution in [2.24, 2.45) is 0 Å². The van der Waals surface area contributed by atoms with Gasteiger partial charge in [0, 0.05) is 24.2 Å². The van der Waals surface area contributed by atoms with Crippen molar-refractivity contribution in [3.63, 3.8) is 0 Å². The molecular weight excluding hydrogens is 378 g/mol. The highest BCUT2D eigenvalue weighted by Gasteiger charge is 2.22. The zero-order chi connectivity index (χ0) is 20.4. The highest BCUT2D eigenvalue weighted by Crippen LogP contribution is 2.26. The molecular formula is C20H27N3O4S. The van der Waals surface area contributed by atoms with Crippen LogP contribution in [0.2, 0.25) is 0 Å². The standard InChI is InChI=1S/C20H27N3O4S/c1-4-5-6-7-11-23(14-18(24)22-20-21-10-12-28-20)19(25)16-9-8-15(26-2)13-17(16)27-3/h8-10,12-13H,4-7,11,14H2,1-3H3,(H,21,22,24). The third-order valence-electron chi connectivity index (χ3n) is 4.22. The first-order valence-corrected chi connectivity index (χ1v) is 10.2. The number of rotatable bonds is 11. The number of aromatic nitrogens is 1. The van der Waals surface area contributed by atoms with Crippen LogP contribution in [0.1, 0.15) is 43.0 Å². The summed E-state index contributed by atoms with van der Waals surface area (Å²) in [6, 6.07) is 5.04. The molecule has 0 saturated heterocycles. The van der Waals surface area contributed by atoms with Crippen molar-refractivity contribution in [2.45, 2.75) is 32.6 Å². The number of thiazole rings is 1. The van der Waals surface area contributed by atoms with E-state index in [1.54, 1.807) is 41.8 Å². The first-order chi connectivity index (χ1) is 13.6. The van der Waals surface area contributed by atoms with Gasteiger partial charge >= 0.3 is 0 Å². The third kappa shape index (κ3) is 6.23. The van der Waals surface area contributed by atoms with Crippen LogP contribution in [0.4, 0.5) is 5.13 Å². The van der Waals surface area contributed by atoms with E-state index in [2.05, 4.69) is 17.2 Å². The van der Waals surface area contributed by atoms with Crippen LogP contribution in [0.5, 0.6) is 11.5 Å². The fraction of sp³-hybridized carbons (Fsp3) is 0.450. The normalized spacial score (nSPS) is 10.4. The fourth-order valence-electron chi connectivity index (χ4n) is 2.74. The average molecular weight is 406 g/mol. The van der Waals surface area contributed by atoms with E-state index in [0.29, 0.717) is 28.7 Å². The zero-order valence-corrected chi connectivity index (χ0v) is 17.4. The summed E-state index contributed by atoms with van der Waals surface area (Å²) >= 11 is 1.34. The van der Waals surface area contributed by atoms with E-state index in [1.165, 1.54) is 18.4 Å². The summed E-state index contributed by atoms with van der Waals surface area (Å²) in [7, 11) is 3.06. The number of nitrogens with one attached hydrogen (secondary N) is 1. The van der Waals surface area contributed by atoms with Crippen molar-refractivity contribution in [2.75, 3.05) is 32.6 Å². The molecule has 2 amide bonds. The van der Waals surface area contributed by atoms with E-state index in [9.17, 15) is 9.59 Å². The minimum absolute atomic E-state index is 0.0419. The Balaban J connectivity index is 2.14. The van der Waals surface area contributed by atoms with E-state index in [1.807, 2.05) is 0 Å². The molecule has 2 aromatic rings. The molecule has 0 unspecified atom stereocenters. The lowest BCUT2D eigenvalue weighted by molar-refractivity contribution is -0.116. The van der Waals surface area contributed by atoms with E-state index >= 15 is 0 Å². The second kappa shape index (κ2) is 11.3. The maximum atomic E-state index is 13.1. The van der Waals surface area contributed by atoms with E-state index in [-0.39, 0.29) is 18.4 Å². The predicted molar refractivity (Wildman–Crippen MR) is 110 cm³/mol. The maximum Gasteiger partial charge on any atom is 0.258 e. The van der Waals surface area contributed by atoms with Gasteiger partial charge in [0.2, 0.25) is 5.91 Å². The Morgan fingerprint density at radius 2 is 2.00 bits per heavy atom. The molecule has 8 heteroatoms. The SMILES string of the molecule is CCCCCCN(CC(=O)Nc1nccs1)C(=O)c1ccc(OC)cc1OC. The van der Waals surface area contributed by atoms with Gasteiger partial charge < -0.3 is 19.7 Å². The van der Waals surface area contributed by atoms with Gasteiger partial charge in [-0.3, -0.25) is 9.59 Å². The molecule has 1 N–H and O–H groups in total. The van der Waals surface area contributed by atoms with E-state index in [4.69, 9.17) is 9.47 Å². The molecule has 0 aliphatic heterocycles. The number of amides is 2. The van der Waals surface area contributed by atoms with Gasteiger partial charge in [-0.2, -0.15) is 0 Å². The summed E-state index contributed by atoms with van der Waals surface area (Å²) in [4.78, 5) is 31.2. The van der Waals surface area contributed by atoms with Gasteiger partial charge in [0.25, 0.3) is 5.91 Å². The average Bonchev–Trinajstić information content (AvgIpc) is 3.22. The number of carbonyl (C=O) groups excluding carboxylic acids is 2. The number of nitrogens with zero attached hydrogens (tertiary/aromatic N) is 2. The largest absolute Gasteiger partial charge is 0.497 e. The van der Waals surface area contributed by atoms with Gasteiger partial charge in [0.05, 0.1) is 19.8 Å². The van der Waals surface area contributed by atoms with Crippen LogP contribution in [0.15, 0.2) is 29.8 Å². The van der Waals surface area contributed by atoms with Crippen LogP contribution in [0.3, 0.4) is 0 Å². The summed E-state index contributed by atoms with van der Waals surface area (Å²) in [5.74, 6) is 0.504. The molecule has 2 rings (SSSR count). The number of benzene rings is 1. The van der Waals surface area contributed by atoms with Crippen molar-refractivity contribution in [1.29, 1.82) is 0 Å². The summed E-state index contributed by atoms with van der Waals surface area (Å²) in [6.07, 6.45) is 5.66. The number of ether oxygens (including phenoxy) is 2. The maximum absolute atomic E-state index is 13.1. The molecule has 1 heterocycles. The Hall–Kier alpha value is -2.61. The molecule has 0 aliphatic carbocycles. The van der Waals surface area contributed by atoms with Crippen molar-refractivity contribution in [1.82, 2.24) is 9.88 Å². The van der Waals surface area contributed by atoms with Crippen LogP contribution in [0, 0.1) is 0 Å². The fourth-order valence-corrected chi connectivity index (χ4v) is 3.29. The molecule has 152 valence electrons. The Bertz CT molecular complexity index is 765. The summed E-state index contributed by atoms with van der Waals surface area (Å²) < 4.78 is 10.5. The van der Waals surface area contributed by atoms with Crippen molar-refractivity contribution >= 4 is 28.3 Å². The van der Waals surface area contributed by atoms with E-state index in [0.717, 1.165) is 25.7 Å². The second-order valence-electron chi connectivity index (χ2n) is 6.24. The summed E-state index contributed by atoms with van der Waals surface area (Å²) in [6.45, 7) is 2.59. The number of carbonyl (C=O) groups is 2. The third-order valence-corrected chi connectivity index (χ3v) is 4.91. The number of hydrogen-bond acceptors (Lipinski definition) is 6. The number of unbranched alkanes of at least 4 members (excludes halogenated alkanes) is 3. The molecule has 0 atom stereocenters. The number of hydrogen-bond donors (Lipinski definition) is 1. The topological polar surface area (TPSA) is 80.8 Å². The molecule has 1 aromatic heterocycles. The van der Waals surface area contributed by atoms with Crippen LogP contribution in [-0.4, -0.2) is 49.0 Å². The lowest BCUT2D eigenvalue weighted by Crippen LogP contribution is -2.38. The molecule has 0 radical (unpaired) electrons. The Morgan fingerprint density at radius 3 is 2.64 bits per heavy atom. The second-order valence-corrected chi connectivity index (χ2v) is 7.13. The Kier molecular flexibility index (Phi) is 8.74. The van der Waals surface area contributed by atoms with Gasteiger partial charge in [-0.1, -0.05) is 26.2 Å². The molecule has 0 aliphatic rings. The number of methoxy groups -OCH3 is 2. The van der Waals surface area contributed by atoms with Crippen molar-refractivity contribution < 1.29 is 19.1 Å². The molecule has 0 fully saturated rings. The van der Waals surface area contributed by atoms with Crippen LogP contribution < -0.4 is 14.8 Å². The van der Waals surface area contributed by atoms with Crippen LogP contribution >= 0.6 is 11.3 Å². The zero-order valence-electron chi connectivity index (χ0n) is 16.6. The molecule has 0 spiro atoms. The lowest BCUT2D eigenvalue weighted by atomic mass is 10.1. The molecule has 7 nitrogen and oxygen atoms in total. The smallest absolute Gasteiger partial charge is 0.258 e. The lowest BCUT2D eigenvalue weighted by Gasteiger charge is -2.23. The van der Waals surface area contributed by atoms with E-state index < -0.39 is 0 Å². The first-order valence-electron chi connectivity index (χ1n) is 9.29. The molecule has 1 aromatic carbocycles. The van der Waals surface area contributed by atoms with Crippen LogP contribution in [0.25, 0.3) is 0 Å². The van der Waals surface area contributed by atoms with Gasteiger partial charge in [0.1, 0.15) is 18.0 Å². The van der Waals surface area contributed by atoms with Gasteiger partial charge in [-0.15, -0.1) is 11.3 Å². The summed E-state index contributed by atoms with van der Waals surface area (Å²) in [5.41, 5.74) is 0.404. The highest BCUT2D eigenvalue weighted by atomic mass is 32.1. The van der Waals surface area contributed by atoms with Crippen molar-refractivity contribution in [3.05, 3.63) is 35.3 Å². The Labute approximate surface area is 169 Å². The monoisotopic (exact) mass is 405 g/mol. The van der Waals surface area contributed by atoms with Gasteiger partial charge in [-0.05, 0) is 18.6 Å². The highest BCUT2D eigenvalue weighted by molar-refractivity contribution is 7.13. The van der Waals surface area contributed by atoms with Gasteiger partial charge in [0.15, 0.2) is 5.13 Å². The molecule has 28 heavy (non-hydrogen) atoms. The molecule has 0 bridgehead atoms. The minimum atomic E-state index is -0.272. The quantitative estimate of drug-likeness (QED) is 0.575. The minimum Gasteiger partial charge on any atom is -0.497 e. The molecule has 0 saturated carbocycles.